The summed E-state index contributed by atoms with van der Waals surface area (Å²) in [6.45, 7) is 4.20. The van der Waals surface area contributed by atoms with Gasteiger partial charge < -0.3 is 5.11 Å². The largest absolute Gasteiger partial charge is 0.393 e. The van der Waals surface area contributed by atoms with E-state index in [1.54, 1.807) is 0 Å². The molecule has 0 aromatic rings. The first-order valence-electron chi connectivity index (χ1n) is 6.57. The lowest BCUT2D eigenvalue weighted by molar-refractivity contribution is 0.0981. The van der Waals surface area contributed by atoms with Crippen molar-refractivity contribution in [1.82, 2.24) is 0 Å². The molecule has 1 saturated carbocycles. The lowest BCUT2D eigenvalue weighted by Crippen LogP contribution is -2.20. The number of hydrogen-bond donors (Lipinski definition) is 1. The highest BCUT2D eigenvalue weighted by Crippen LogP contribution is 2.42. The molecule has 1 fully saturated rings. The molecule has 1 N–H and O–H groups in total. The first kappa shape index (κ1) is 13.1. The van der Waals surface area contributed by atoms with Crippen molar-refractivity contribution in [3.8, 4) is 0 Å². The Labute approximate surface area is 96.1 Å². The summed E-state index contributed by atoms with van der Waals surface area (Å²) in [5.41, 5.74) is 0. The molecule has 2 heteroatoms. The quantitative estimate of drug-likeness (QED) is 0.664. The SMILES string of the molecule is [B]CCCC1CC(CCC)[C@@H](C(C)O)C1. The number of hydrogen-bond acceptors (Lipinski definition) is 1. The fraction of sp³-hybridized carbons (Fsp3) is 1.00. The van der Waals surface area contributed by atoms with Crippen LogP contribution in [0.2, 0.25) is 6.32 Å². The van der Waals surface area contributed by atoms with Crippen LogP contribution in [0, 0.1) is 17.8 Å². The predicted octanol–water partition coefficient (Wildman–Crippen LogP) is 3.18. The zero-order valence-corrected chi connectivity index (χ0v) is 10.3. The summed E-state index contributed by atoms with van der Waals surface area (Å²) in [4.78, 5) is 0. The van der Waals surface area contributed by atoms with Gasteiger partial charge in [0.15, 0.2) is 0 Å². The molecule has 1 aliphatic carbocycles. The number of rotatable bonds is 6. The fourth-order valence-corrected chi connectivity index (χ4v) is 3.21. The van der Waals surface area contributed by atoms with Gasteiger partial charge in [-0.05, 0) is 37.5 Å². The van der Waals surface area contributed by atoms with Gasteiger partial charge in [0, 0.05) is 0 Å². The van der Waals surface area contributed by atoms with Crippen LogP contribution < -0.4 is 0 Å². The molecular formula is C13H25BO. The Bertz CT molecular complexity index is 170. The third-order valence-electron chi connectivity index (χ3n) is 3.94. The third kappa shape index (κ3) is 3.83. The van der Waals surface area contributed by atoms with Gasteiger partial charge in [-0.1, -0.05) is 38.9 Å². The lowest BCUT2D eigenvalue weighted by atomic mass is 9.88. The summed E-state index contributed by atoms with van der Waals surface area (Å²) >= 11 is 0. The molecule has 0 amide bonds. The lowest BCUT2D eigenvalue weighted by Gasteiger charge is -2.21. The normalized spacial score (nSPS) is 33.1. The molecule has 86 valence electrons. The summed E-state index contributed by atoms with van der Waals surface area (Å²) in [7, 11) is 5.55. The summed E-state index contributed by atoms with van der Waals surface area (Å²) < 4.78 is 0. The second-order valence-electron chi connectivity index (χ2n) is 5.22. The maximum atomic E-state index is 9.77. The van der Waals surface area contributed by atoms with Crippen LogP contribution in [0.25, 0.3) is 0 Å². The molecule has 0 aromatic carbocycles. The van der Waals surface area contributed by atoms with Gasteiger partial charge in [-0.15, -0.1) is 0 Å². The van der Waals surface area contributed by atoms with E-state index in [9.17, 15) is 5.11 Å². The van der Waals surface area contributed by atoms with Gasteiger partial charge in [-0.2, -0.15) is 0 Å². The Morgan fingerprint density at radius 2 is 2.07 bits per heavy atom. The van der Waals surface area contributed by atoms with Crippen LogP contribution in [-0.2, 0) is 0 Å². The summed E-state index contributed by atoms with van der Waals surface area (Å²) in [5, 5.41) is 9.77. The molecule has 0 aliphatic heterocycles. The maximum Gasteiger partial charge on any atom is 0.0653 e. The van der Waals surface area contributed by atoms with Gasteiger partial charge in [0.25, 0.3) is 0 Å². The average Bonchev–Trinajstić information content (AvgIpc) is 2.59. The fourth-order valence-electron chi connectivity index (χ4n) is 3.21. The molecule has 0 heterocycles. The Hall–Kier alpha value is 0.0249. The van der Waals surface area contributed by atoms with Crippen LogP contribution in [0.1, 0.15) is 52.4 Å². The standard InChI is InChI=1S/C13H25BO/c1-3-5-12-8-11(6-4-7-14)9-13(12)10(2)15/h10-13,15H,3-9H2,1-2H3/t10?,11?,12?,13-/m1/s1. The van der Waals surface area contributed by atoms with Crippen LogP contribution in [0.5, 0.6) is 0 Å². The number of aliphatic hydroxyl groups excluding tert-OH is 1. The number of aliphatic hydroxyl groups is 1. The van der Waals surface area contributed by atoms with E-state index in [0.717, 1.165) is 24.6 Å². The van der Waals surface area contributed by atoms with Crippen molar-refractivity contribution < 1.29 is 5.11 Å². The summed E-state index contributed by atoms with van der Waals surface area (Å²) in [5.74, 6) is 2.13. The van der Waals surface area contributed by atoms with Crippen molar-refractivity contribution in [2.75, 3.05) is 0 Å². The molecule has 2 radical (unpaired) electrons. The Morgan fingerprint density at radius 1 is 1.33 bits per heavy atom. The van der Waals surface area contributed by atoms with E-state index in [0.29, 0.717) is 5.92 Å². The zero-order chi connectivity index (χ0) is 11.3. The second-order valence-corrected chi connectivity index (χ2v) is 5.22. The van der Waals surface area contributed by atoms with Crippen molar-refractivity contribution in [2.45, 2.75) is 64.8 Å². The summed E-state index contributed by atoms with van der Waals surface area (Å²) in [6.07, 6.45) is 8.19. The first-order chi connectivity index (χ1) is 7.19. The van der Waals surface area contributed by atoms with Crippen LogP contribution in [-0.4, -0.2) is 19.1 Å². The van der Waals surface area contributed by atoms with E-state index in [-0.39, 0.29) is 6.10 Å². The topological polar surface area (TPSA) is 20.2 Å². The molecule has 0 spiro atoms. The molecule has 1 aliphatic rings. The van der Waals surface area contributed by atoms with Gasteiger partial charge in [-0.25, -0.2) is 0 Å². The van der Waals surface area contributed by atoms with E-state index in [4.69, 9.17) is 7.85 Å². The smallest absolute Gasteiger partial charge is 0.0653 e. The molecule has 1 nitrogen and oxygen atoms in total. The Kier molecular flexibility index (Phi) is 5.74. The molecule has 3 unspecified atom stereocenters. The van der Waals surface area contributed by atoms with Gasteiger partial charge in [-0.3, -0.25) is 0 Å². The van der Waals surface area contributed by atoms with Gasteiger partial charge in [0.2, 0.25) is 0 Å². The molecule has 0 saturated heterocycles. The van der Waals surface area contributed by atoms with E-state index < -0.39 is 0 Å². The van der Waals surface area contributed by atoms with Crippen molar-refractivity contribution in [1.29, 1.82) is 0 Å². The Balaban J connectivity index is 2.41. The van der Waals surface area contributed by atoms with E-state index in [1.807, 2.05) is 6.92 Å². The van der Waals surface area contributed by atoms with Crippen LogP contribution in [0.4, 0.5) is 0 Å². The van der Waals surface area contributed by atoms with Crippen LogP contribution in [0.3, 0.4) is 0 Å². The van der Waals surface area contributed by atoms with Gasteiger partial charge in [0.1, 0.15) is 0 Å². The molecular weight excluding hydrogens is 183 g/mol. The average molecular weight is 208 g/mol. The second kappa shape index (κ2) is 6.57. The molecule has 0 aromatic heterocycles. The van der Waals surface area contributed by atoms with Crippen molar-refractivity contribution in [2.24, 2.45) is 17.8 Å². The molecule has 0 bridgehead atoms. The minimum absolute atomic E-state index is 0.121. The monoisotopic (exact) mass is 208 g/mol. The minimum Gasteiger partial charge on any atom is -0.393 e. The minimum atomic E-state index is -0.121. The molecule has 4 atom stereocenters. The summed E-state index contributed by atoms with van der Waals surface area (Å²) in [6, 6.07) is 0. The highest BCUT2D eigenvalue weighted by molar-refractivity contribution is 6.08. The molecule has 1 rings (SSSR count). The van der Waals surface area contributed by atoms with Crippen molar-refractivity contribution in [3.63, 3.8) is 0 Å². The third-order valence-corrected chi connectivity index (χ3v) is 3.94. The van der Waals surface area contributed by atoms with E-state index in [2.05, 4.69) is 6.92 Å². The van der Waals surface area contributed by atoms with E-state index >= 15 is 0 Å². The maximum absolute atomic E-state index is 9.77. The molecule has 15 heavy (non-hydrogen) atoms. The van der Waals surface area contributed by atoms with Gasteiger partial charge >= 0.3 is 0 Å². The van der Waals surface area contributed by atoms with Crippen molar-refractivity contribution in [3.05, 3.63) is 0 Å². The zero-order valence-electron chi connectivity index (χ0n) is 10.3. The van der Waals surface area contributed by atoms with E-state index in [1.165, 1.54) is 32.1 Å². The van der Waals surface area contributed by atoms with Crippen LogP contribution >= 0.6 is 0 Å². The predicted molar refractivity (Wildman–Crippen MR) is 66.1 cm³/mol. The van der Waals surface area contributed by atoms with Crippen LogP contribution in [0.15, 0.2) is 0 Å². The Morgan fingerprint density at radius 3 is 2.60 bits per heavy atom. The highest BCUT2D eigenvalue weighted by atomic mass is 16.3. The first-order valence-corrected chi connectivity index (χ1v) is 6.57. The van der Waals surface area contributed by atoms with Crippen molar-refractivity contribution >= 4 is 7.85 Å². The van der Waals surface area contributed by atoms with Gasteiger partial charge in [0.05, 0.1) is 14.0 Å². The highest BCUT2D eigenvalue weighted by Gasteiger charge is 2.35.